The molecule has 5 nitrogen and oxygen atoms in total. The Morgan fingerprint density at radius 2 is 2.38 bits per heavy atom. The topological polar surface area (TPSA) is 73.6 Å². The molecule has 0 radical (unpaired) electrons. The van der Waals surface area contributed by atoms with Crippen LogP contribution in [0.2, 0.25) is 0 Å². The van der Waals surface area contributed by atoms with E-state index in [9.17, 15) is 9.18 Å². The number of nitrogens with two attached hydrogens (primary N) is 1. The summed E-state index contributed by atoms with van der Waals surface area (Å²) in [6, 6.07) is 3.41. The van der Waals surface area contributed by atoms with E-state index < -0.39 is 6.04 Å². The van der Waals surface area contributed by atoms with E-state index in [0.717, 1.165) is 18.4 Å². The molecule has 0 spiro atoms. The van der Waals surface area contributed by atoms with Crippen molar-refractivity contribution in [3.63, 3.8) is 0 Å². The zero-order valence-electron chi connectivity index (χ0n) is 11.8. The van der Waals surface area contributed by atoms with Gasteiger partial charge in [0.1, 0.15) is 17.6 Å². The summed E-state index contributed by atoms with van der Waals surface area (Å²) in [6.07, 6.45) is 1.50. The highest BCUT2D eigenvalue weighted by Gasteiger charge is 2.24. The van der Waals surface area contributed by atoms with E-state index in [1.807, 2.05) is 0 Å². The van der Waals surface area contributed by atoms with E-state index in [1.165, 1.54) is 19.2 Å². The number of carbonyl (C=O) groups excluding carboxylic acids is 1. The molecule has 0 saturated carbocycles. The number of methoxy groups -OCH3 is 1. The lowest BCUT2D eigenvalue weighted by atomic mass is 10.0. The van der Waals surface area contributed by atoms with Crippen molar-refractivity contribution in [1.29, 1.82) is 0 Å². The number of hydrogen-bond donors (Lipinski definition) is 2. The monoisotopic (exact) mass is 318 g/mol. The van der Waals surface area contributed by atoms with Gasteiger partial charge in [0.25, 0.3) is 0 Å². The molecule has 0 aliphatic carbocycles. The molecule has 21 heavy (non-hydrogen) atoms. The molecule has 2 rings (SSSR count). The molecular weight excluding hydrogens is 299 g/mol. The van der Waals surface area contributed by atoms with Crippen molar-refractivity contribution in [2.24, 2.45) is 5.73 Å². The van der Waals surface area contributed by atoms with Crippen molar-refractivity contribution >= 4 is 18.3 Å². The zero-order valence-corrected chi connectivity index (χ0v) is 12.6. The number of ether oxygens (including phenoxy) is 2. The van der Waals surface area contributed by atoms with Gasteiger partial charge in [-0.05, 0) is 18.9 Å². The third-order valence-electron chi connectivity index (χ3n) is 3.25. The van der Waals surface area contributed by atoms with Gasteiger partial charge in [0.05, 0.1) is 19.3 Å². The Kier molecular flexibility index (Phi) is 6.87. The fourth-order valence-corrected chi connectivity index (χ4v) is 2.23. The number of nitrogens with one attached hydrogen (secondary N) is 1. The zero-order chi connectivity index (χ0) is 14.5. The van der Waals surface area contributed by atoms with Crippen LogP contribution < -0.4 is 15.8 Å². The minimum atomic E-state index is -0.715. The van der Waals surface area contributed by atoms with Gasteiger partial charge in [-0.1, -0.05) is 6.07 Å². The maximum absolute atomic E-state index is 13.2. The van der Waals surface area contributed by atoms with Crippen LogP contribution >= 0.6 is 12.4 Å². The Morgan fingerprint density at radius 3 is 3.10 bits per heavy atom. The molecule has 118 valence electrons. The fourth-order valence-electron chi connectivity index (χ4n) is 2.23. The van der Waals surface area contributed by atoms with Gasteiger partial charge >= 0.3 is 0 Å². The van der Waals surface area contributed by atoms with Gasteiger partial charge in [0.15, 0.2) is 0 Å². The molecule has 7 heteroatoms. The lowest BCUT2D eigenvalue weighted by Crippen LogP contribution is -2.44. The van der Waals surface area contributed by atoms with E-state index in [-0.39, 0.29) is 36.8 Å². The highest BCUT2D eigenvalue weighted by molar-refractivity contribution is 5.85. The average Bonchev–Trinajstić information content (AvgIpc) is 2.61. The number of carbonyl (C=O) groups is 1. The molecule has 0 fully saturated rings. The van der Waals surface area contributed by atoms with Gasteiger partial charge in [-0.25, -0.2) is 4.39 Å². The number of rotatable bonds is 4. The number of hydrogen-bond acceptors (Lipinski definition) is 4. The van der Waals surface area contributed by atoms with Crippen molar-refractivity contribution in [2.75, 3.05) is 20.3 Å². The largest absolute Gasteiger partial charge is 0.493 e. The third kappa shape index (κ3) is 4.56. The van der Waals surface area contributed by atoms with Crippen LogP contribution in [0.15, 0.2) is 18.2 Å². The van der Waals surface area contributed by atoms with E-state index >= 15 is 0 Å². The van der Waals surface area contributed by atoms with E-state index in [2.05, 4.69) is 5.32 Å². The van der Waals surface area contributed by atoms with Crippen LogP contribution in [-0.4, -0.2) is 32.3 Å². The van der Waals surface area contributed by atoms with Crippen LogP contribution in [0.3, 0.4) is 0 Å². The summed E-state index contributed by atoms with van der Waals surface area (Å²) in [6.45, 7) is 0.665. The first-order chi connectivity index (χ1) is 9.61. The maximum atomic E-state index is 13.2. The summed E-state index contributed by atoms with van der Waals surface area (Å²) >= 11 is 0. The first-order valence-corrected chi connectivity index (χ1v) is 6.59. The summed E-state index contributed by atoms with van der Waals surface area (Å²) in [4.78, 5) is 12.0. The van der Waals surface area contributed by atoms with Crippen LogP contribution in [0.4, 0.5) is 4.39 Å². The number of halogens is 2. The predicted octanol–water partition coefficient (Wildman–Crippen LogP) is 1.55. The second-order valence-corrected chi connectivity index (χ2v) is 4.80. The fraction of sp³-hybridized carbons (Fsp3) is 0.500. The molecule has 1 amide bonds. The average molecular weight is 319 g/mol. The minimum absolute atomic E-state index is 0. The van der Waals surface area contributed by atoms with Crippen LogP contribution in [0.5, 0.6) is 5.75 Å². The summed E-state index contributed by atoms with van der Waals surface area (Å²) in [5, 5.41) is 2.87. The summed E-state index contributed by atoms with van der Waals surface area (Å²) in [5.41, 5.74) is 6.48. The third-order valence-corrected chi connectivity index (χ3v) is 3.25. The molecule has 0 aromatic heterocycles. The van der Waals surface area contributed by atoms with Crippen molar-refractivity contribution in [2.45, 2.75) is 24.9 Å². The molecule has 0 saturated heterocycles. The number of amides is 1. The first-order valence-electron chi connectivity index (χ1n) is 6.59. The molecule has 1 aliphatic rings. The number of fused-ring (bicyclic) bond motifs is 1. The van der Waals surface area contributed by atoms with Crippen LogP contribution in [0.25, 0.3) is 0 Å². The predicted molar refractivity (Wildman–Crippen MR) is 79.1 cm³/mol. The van der Waals surface area contributed by atoms with Crippen LogP contribution in [0, 0.1) is 5.82 Å². The lowest BCUT2D eigenvalue weighted by Gasteiger charge is -2.20. The molecule has 1 aromatic rings. The molecular formula is C14H20ClFN2O3. The van der Waals surface area contributed by atoms with Crippen LogP contribution in [0.1, 0.15) is 24.4 Å². The summed E-state index contributed by atoms with van der Waals surface area (Å²) < 4.78 is 23.6. The second kappa shape index (κ2) is 8.17. The van der Waals surface area contributed by atoms with Gasteiger partial charge in [0, 0.05) is 18.7 Å². The van der Waals surface area contributed by atoms with Crippen molar-refractivity contribution in [3.05, 3.63) is 29.6 Å². The second-order valence-electron chi connectivity index (χ2n) is 4.80. The SMILES string of the molecule is COCC(N)C(=O)NC1CCCOc2cc(F)ccc21.Cl. The van der Waals surface area contributed by atoms with Gasteiger partial charge in [-0.3, -0.25) is 4.79 Å². The van der Waals surface area contributed by atoms with Crippen molar-refractivity contribution in [3.8, 4) is 5.75 Å². The lowest BCUT2D eigenvalue weighted by molar-refractivity contribution is -0.124. The minimum Gasteiger partial charge on any atom is -0.493 e. The molecule has 1 heterocycles. The normalized spacial score (nSPS) is 18.5. The van der Waals surface area contributed by atoms with Gasteiger partial charge in [-0.15, -0.1) is 12.4 Å². The van der Waals surface area contributed by atoms with E-state index in [0.29, 0.717) is 12.4 Å². The quantitative estimate of drug-likeness (QED) is 0.883. The Bertz CT molecular complexity index is 487. The van der Waals surface area contributed by atoms with Crippen molar-refractivity contribution in [1.82, 2.24) is 5.32 Å². The molecule has 1 aliphatic heterocycles. The van der Waals surface area contributed by atoms with E-state index in [4.69, 9.17) is 15.2 Å². The first kappa shape index (κ1) is 17.7. The molecule has 1 aromatic carbocycles. The Hall–Kier alpha value is -1.37. The van der Waals surface area contributed by atoms with Gasteiger partial charge < -0.3 is 20.5 Å². The van der Waals surface area contributed by atoms with Gasteiger partial charge in [-0.2, -0.15) is 0 Å². The standard InChI is InChI=1S/C14H19FN2O3.ClH/c1-19-8-11(16)14(18)17-12-3-2-6-20-13-7-9(15)4-5-10(12)13;/h4-5,7,11-12H,2-3,6,8,16H2,1H3,(H,17,18);1H. The Morgan fingerprint density at radius 1 is 1.62 bits per heavy atom. The smallest absolute Gasteiger partial charge is 0.239 e. The van der Waals surface area contributed by atoms with E-state index in [1.54, 1.807) is 6.07 Å². The van der Waals surface area contributed by atoms with Crippen LogP contribution in [-0.2, 0) is 9.53 Å². The Balaban J connectivity index is 0.00000220. The summed E-state index contributed by atoms with van der Waals surface area (Å²) in [5.74, 6) is -0.158. The summed E-state index contributed by atoms with van der Waals surface area (Å²) in [7, 11) is 1.49. The molecule has 3 N–H and O–H groups in total. The maximum Gasteiger partial charge on any atom is 0.239 e. The van der Waals surface area contributed by atoms with Gasteiger partial charge in [0.2, 0.25) is 5.91 Å². The highest BCUT2D eigenvalue weighted by Crippen LogP contribution is 2.32. The molecule has 0 bridgehead atoms. The molecule has 2 unspecified atom stereocenters. The highest BCUT2D eigenvalue weighted by atomic mass is 35.5. The Labute approximate surface area is 129 Å². The van der Waals surface area contributed by atoms with Crippen molar-refractivity contribution < 1.29 is 18.7 Å². The number of benzene rings is 1. The molecule has 2 atom stereocenters.